The number of nitrogens with zero attached hydrogens (tertiary/aromatic N) is 1. The summed E-state index contributed by atoms with van der Waals surface area (Å²) in [6.07, 6.45) is 1.36. The standard InChI is InChI=1S/C16H15ClN2O3/c1-11-8-13(17)6-7-15(11)22-10-16(21)19-18-9-12-4-2-3-5-14(12)20/h2-9,20H,10H2,1H3,(H,19,21)/b18-9+. The van der Waals surface area contributed by atoms with Crippen LogP contribution >= 0.6 is 11.6 Å². The van der Waals surface area contributed by atoms with Crippen LogP contribution < -0.4 is 10.2 Å². The lowest BCUT2D eigenvalue weighted by atomic mass is 10.2. The lowest BCUT2D eigenvalue weighted by molar-refractivity contribution is -0.123. The second-order valence-electron chi connectivity index (χ2n) is 4.55. The Morgan fingerprint density at radius 2 is 2.14 bits per heavy atom. The summed E-state index contributed by atoms with van der Waals surface area (Å²) < 4.78 is 5.39. The van der Waals surface area contributed by atoms with Gasteiger partial charge in [0.2, 0.25) is 0 Å². The molecule has 5 nitrogen and oxygen atoms in total. The van der Waals surface area contributed by atoms with Gasteiger partial charge in [-0.3, -0.25) is 4.79 Å². The van der Waals surface area contributed by atoms with Gasteiger partial charge < -0.3 is 9.84 Å². The zero-order chi connectivity index (χ0) is 15.9. The molecular weight excluding hydrogens is 304 g/mol. The van der Waals surface area contributed by atoms with Crippen LogP contribution in [-0.4, -0.2) is 23.8 Å². The predicted molar refractivity (Wildman–Crippen MR) is 85.5 cm³/mol. The van der Waals surface area contributed by atoms with E-state index in [4.69, 9.17) is 16.3 Å². The summed E-state index contributed by atoms with van der Waals surface area (Å²) in [5.41, 5.74) is 3.68. The number of aromatic hydroxyl groups is 1. The predicted octanol–water partition coefficient (Wildman–Crippen LogP) is 2.88. The molecule has 0 unspecified atom stereocenters. The van der Waals surface area contributed by atoms with Crippen LogP contribution in [0.5, 0.6) is 11.5 Å². The van der Waals surface area contributed by atoms with Gasteiger partial charge in [-0.1, -0.05) is 23.7 Å². The van der Waals surface area contributed by atoms with Crippen LogP contribution in [0, 0.1) is 6.92 Å². The molecule has 0 aliphatic heterocycles. The largest absolute Gasteiger partial charge is 0.507 e. The van der Waals surface area contributed by atoms with Crippen molar-refractivity contribution in [2.75, 3.05) is 6.61 Å². The van der Waals surface area contributed by atoms with Crippen molar-refractivity contribution in [3.63, 3.8) is 0 Å². The monoisotopic (exact) mass is 318 g/mol. The number of hydrogen-bond donors (Lipinski definition) is 2. The number of aryl methyl sites for hydroxylation is 1. The van der Waals surface area contributed by atoms with Crippen LogP contribution in [0.1, 0.15) is 11.1 Å². The van der Waals surface area contributed by atoms with E-state index in [2.05, 4.69) is 10.5 Å². The second-order valence-corrected chi connectivity index (χ2v) is 4.99. The molecule has 2 N–H and O–H groups in total. The second kappa shape index (κ2) is 7.47. The fourth-order valence-electron chi connectivity index (χ4n) is 1.72. The Balaban J connectivity index is 1.84. The highest BCUT2D eigenvalue weighted by Crippen LogP contribution is 2.21. The van der Waals surface area contributed by atoms with Crippen molar-refractivity contribution in [1.82, 2.24) is 5.43 Å². The lowest BCUT2D eigenvalue weighted by Crippen LogP contribution is -2.24. The number of para-hydroxylation sites is 1. The summed E-state index contributed by atoms with van der Waals surface area (Å²) in [4.78, 5) is 11.6. The van der Waals surface area contributed by atoms with Crippen LogP contribution in [0.15, 0.2) is 47.6 Å². The van der Waals surface area contributed by atoms with Crippen molar-refractivity contribution in [3.8, 4) is 11.5 Å². The average molecular weight is 319 g/mol. The summed E-state index contributed by atoms with van der Waals surface area (Å²) in [7, 11) is 0. The molecule has 2 aromatic carbocycles. The number of carbonyl (C=O) groups is 1. The van der Waals surface area contributed by atoms with Crippen molar-refractivity contribution >= 4 is 23.7 Å². The Morgan fingerprint density at radius 1 is 1.36 bits per heavy atom. The Kier molecular flexibility index (Phi) is 5.38. The third-order valence-electron chi connectivity index (χ3n) is 2.83. The third kappa shape index (κ3) is 4.49. The smallest absolute Gasteiger partial charge is 0.277 e. The molecule has 0 aliphatic carbocycles. The Morgan fingerprint density at radius 3 is 2.86 bits per heavy atom. The molecule has 0 fully saturated rings. The third-order valence-corrected chi connectivity index (χ3v) is 3.06. The number of phenols is 1. The van der Waals surface area contributed by atoms with Crippen molar-refractivity contribution in [3.05, 3.63) is 58.6 Å². The van der Waals surface area contributed by atoms with Gasteiger partial charge in [0.1, 0.15) is 11.5 Å². The number of hydrogen-bond acceptors (Lipinski definition) is 4. The highest BCUT2D eigenvalue weighted by Gasteiger charge is 2.04. The first-order chi connectivity index (χ1) is 10.6. The maximum absolute atomic E-state index is 11.6. The van der Waals surface area contributed by atoms with Gasteiger partial charge in [0.25, 0.3) is 5.91 Å². The van der Waals surface area contributed by atoms with E-state index in [1.165, 1.54) is 12.3 Å². The minimum Gasteiger partial charge on any atom is -0.507 e. The topological polar surface area (TPSA) is 70.9 Å². The molecule has 0 aromatic heterocycles. The van der Waals surface area contributed by atoms with E-state index in [-0.39, 0.29) is 12.4 Å². The fourth-order valence-corrected chi connectivity index (χ4v) is 1.95. The maximum atomic E-state index is 11.6. The van der Waals surface area contributed by atoms with Crippen LogP contribution in [-0.2, 0) is 4.79 Å². The Hall–Kier alpha value is -2.53. The molecule has 0 heterocycles. The van der Waals surface area contributed by atoms with E-state index in [9.17, 15) is 9.90 Å². The van der Waals surface area contributed by atoms with E-state index < -0.39 is 5.91 Å². The normalized spacial score (nSPS) is 10.6. The fraction of sp³-hybridized carbons (Fsp3) is 0.125. The van der Waals surface area contributed by atoms with Crippen molar-refractivity contribution in [2.45, 2.75) is 6.92 Å². The Bertz CT molecular complexity index is 702. The van der Waals surface area contributed by atoms with Gasteiger partial charge in [0.05, 0.1) is 6.21 Å². The van der Waals surface area contributed by atoms with Crippen LogP contribution in [0.25, 0.3) is 0 Å². The minimum atomic E-state index is -0.402. The highest BCUT2D eigenvalue weighted by molar-refractivity contribution is 6.30. The number of amides is 1. The molecule has 2 rings (SSSR count). The molecular formula is C16H15ClN2O3. The van der Waals surface area contributed by atoms with E-state index in [1.807, 2.05) is 6.92 Å². The molecule has 6 heteroatoms. The van der Waals surface area contributed by atoms with Gasteiger partial charge in [0.15, 0.2) is 6.61 Å². The van der Waals surface area contributed by atoms with E-state index in [0.29, 0.717) is 16.3 Å². The van der Waals surface area contributed by atoms with Crippen molar-refractivity contribution in [1.29, 1.82) is 0 Å². The van der Waals surface area contributed by atoms with Gasteiger partial charge in [-0.05, 0) is 42.8 Å². The van der Waals surface area contributed by atoms with Gasteiger partial charge in [-0.2, -0.15) is 5.10 Å². The van der Waals surface area contributed by atoms with Gasteiger partial charge >= 0.3 is 0 Å². The molecule has 0 saturated carbocycles. The van der Waals surface area contributed by atoms with Crippen LogP contribution in [0.3, 0.4) is 0 Å². The summed E-state index contributed by atoms with van der Waals surface area (Å²) in [5, 5.41) is 13.9. The summed E-state index contributed by atoms with van der Waals surface area (Å²) in [6, 6.07) is 11.8. The first kappa shape index (κ1) is 15.9. The molecule has 114 valence electrons. The van der Waals surface area contributed by atoms with E-state index in [0.717, 1.165) is 5.56 Å². The zero-order valence-corrected chi connectivity index (χ0v) is 12.7. The maximum Gasteiger partial charge on any atom is 0.277 e. The van der Waals surface area contributed by atoms with E-state index >= 15 is 0 Å². The van der Waals surface area contributed by atoms with Gasteiger partial charge in [0, 0.05) is 10.6 Å². The average Bonchev–Trinajstić information content (AvgIpc) is 2.48. The zero-order valence-electron chi connectivity index (χ0n) is 11.9. The number of carbonyl (C=O) groups excluding carboxylic acids is 1. The van der Waals surface area contributed by atoms with Gasteiger partial charge in [-0.25, -0.2) is 5.43 Å². The molecule has 0 bridgehead atoms. The minimum absolute atomic E-state index is 0.0912. The van der Waals surface area contributed by atoms with E-state index in [1.54, 1.807) is 36.4 Å². The molecule has 22 heavy (non-hydrogen) atoms. The van der Waals surface area contributed by atoms with Crippen LogP contribution in [0.2, 0.25) is 5.02 Å². The molecule has 0 saturated heterocycles. The lowest BCUT2D eigenvalue weighted by Gasteiger charge is -2.08. The number of nitrogens with one attached hydrogen (secondary N) is 1. The molecule has 0 spiro atoms. The van der Waals surface area contributed by atoms with Crippen molar-refractivity contribution < 1.29 is 14.6 Å². The first-order valence-corrected chi connectivity index (χ1v) is 6.93. The SMILES string of the molecule is Cc1cc(Cl)ccc1OCC(=O)N/N=C/c1ccccc1O. The number of phenolic OH excluding ortho intramolecular Hbond substituents is 1. The molecule has 2 aromatic rings. The van der Waals surface area contributed by atoms with Crippen LogP contribution in [0.4, 0.5) is 0 Å². The highest BCUT2D eigenvalue weighted by atomic mass is 35.5. The summed E-state index contributed by atoms with van der Waals surface area (Å²) in [6.45, 7) is 1.68. The number of hydrazone groups is 1. The summed E-state index contributed by atoms with van der Waals surface area (Å²) >= 11 is 5.84. The summed E-state index contributed by atoms with van der Waals surface area (Å²) in [5.74, 6) is 0.277. The number of benzene rings is 2. The molecule has 0 aliphatic rings. The number of rotatable bonds is 5. The molecule has 0 atom stereocenters. The number of ether oxygens (including phenoxy) is 1. The Labute approximate surface area is 133 Å². The molecule has 0 radical (unpaired) electrons. The molecule has 1 amide bonds. The first-order valence-electron chi connectivity index (χ1n) is 6.55. The number of halogens is 1. The van der Waals surface area contributed by atoms with Gasteiger partial charge in [-0.15, -0.1) is 0 Å². The quantitative estimate of drug-likeness (QED) is 0.658. The van der Waals surface area contributed by atoms with Crippen molar-refractivity contribution in [2.24, 2.45) is 5.10 Å².